The molecule has 0 aromatic carbocycles. The van der Waals surface area contributed by atoms with Gasteiger partial charge in [0.05, 0.1) is 0 Å². The Hall–Kier alpha value is 0.390. The van der Waals surface area contributed by atoms with Crippen molar-refractivity contribution in [2.24, 2.45) is 5.41 Å². The van der Waals surface area contributed by atoms with E-state index in [1.54, 1.807) is 0 Å². The summed E-state index contributed by atoms with van der Waals surface area (Å²) in [6, 6.07) is 0. The third-order valence-corrected chi connectivity index (χ3v) is 3.55. The zero-order chi connectivity index (χ0) is 11.4. The van der Waals surface area contributed by atoms with Gasteiger partial charge in [-0.3, -0.25) is 0 Å². The first-order chi connectivity index (χ1) is 6.97. The highest BCUT2D eigenvalue weighted by atomic mass is 35.5. The van der Waals surface area contributed by atoms with Crippen LogP contribution in [0.25, 0.3) is 0 Å². The van der Waals surface area contributed by atoms with Crippen molar-refractivity contribution in [3.8, 4) is 0 Å². The zero-order valence-corrected chi connectivity index (χ0v) is 9.94. The lowest BCUT2D eigenvalue weighted by Crippen LogP contribution is -2.27. The topological polar surface area (TPSA) is 12.0 Å². The molecule has 1 fully saturated rings. The minimum atomic E-state index is -4.10. The Morgan fingerprint density at radius 2 is 2.00 bits per heavy atom. The van der Waals surface area contributed by atoms with E-state index in [9.17, 15) is 13.2 Å². The SMILES string of the molecule is FC(F)(F)SCCNCC1(CCCl)CC1. The molecule has 0 radical (unpaired) electrons. The van der Waals surface area contributed by atoms with Gasteiger partial charge in [0.1, 0.15) is 0 Å². The van der Waals surface area contributed by atoms with Gasteiger partial charge in [-0.25, -0.2) is 0 Å². The van der Waals surface area contributed by atoms with Gasteiger partial charge >= 0.3 is 5.51 Å². The van der Waals surface area contributed by atoms with Gasteiger partial charge in [-0.05, 0) is 36.4 Å². The molecule has 0 unspecified atom stereocenters. The number of hydrogen-bond donors (Lipinski definition) is 1. The van der Waals surface area contributed by atoms with E-state index in [1.807, 2.05) is 0 Å². The Bertz CT molecular complexity index is 194. The van der Waals surface area contributed by atoms with Crippen molar-refractivity contribution in [3.05, 3.63) is 0 Å². The molecule has 1 aliphatic carbocycles. The maximum atomic E-state index is 11.8. The smallest absolute Gasteiger partial charge is 0.315 e. The van der Waals surface area contributed by atoms with Crippen LogP contribution in [0.4, 0.5) is 13.2 Å². The Morgan fingerprint density at radius 1 is 1.33 bits per heavy atom. The van der Waals surface area contributed by atoms with Crippen molar-refractivity contribution in [2.45, 2.75) is 24.8 Å². The highest BCUT2D eigenvalue weighted by molar-refractivity contribution is 8.00. The van der Waals surface area contributed by atoms with Crippen molar-refractivity contribution in [1.29, 1.82) is 0 Å². The number of nitrogens with one attached hydrogen (secondary N) is 1. The molecular formula is C9H15ClF3NS. The van der Waals surface area contributed by atoms with Crippen LogP contribution in [0.2, 0.25) is 0 Å². The molecule has 1 nitrogen and oxygen atoms in total. The van der Waals surface area contributed by atoms with Gasteiger partial charge < -0.3 is 5.32 Å². The largest absolute Gasteiger partial charge is 0.441 e. The monoisotopic (exact) mass is 261 g/mol. The van der Waals surface area contributed by atoms with E-state index in [-0.39, 0.29) is 17.5 Å². The van der Waals surface area contributed by atoms with E-state index in [1.165, 1.54) is 0 Å². The summed E-state index contributed by atoms with van der Waals surface area (Å²) in [5.41, 5.74) is -3.81. The van der Waals surface area contributed by atoms with Crippen molar-refractivity contribution in [3.63, 3.8) is 0 Å². The van der Waals surface area contributed by atoms with E-state index in [0.29, 0.717) is 17.8 Å². The number of rotatable bonds is 7. The standard InChI is InChI=1S/C9H15ClF3NS/c10-4-3-8(1-2-8)7-14-5-6-15-9(11,12)13/h14H,1-7H2. The molecule has 0 saturated heterocycles. The molecule has 1 saturated carbocycles. The van der Waals surface area contributed by atoms with Gasteiger partial charge in [-0.15, -0.1) is 11.6 Å². The summed E-state index contributed by atoms with van der Waals surface area (Å²) < 4.78 is 35.3. The summed E-state index contributed by atoms with van der Waals surface area (Å²) in [6.07, 6.45) is 3.27. The molecule has 90 valence electrons. The maximum absolute atomic E-state index is 11.8. The van der Waals surface area contributed by atoms with Crippen LogP contribution in [0.15, 0.2) is 0 Å². The zero-order valence-electron chi connectivity index (χ0n) is 8.37. The highest BCUT2D eigenvalue weighted by Crippen LogP contribution is 2.48. The lowest BCUT2D eigenvalue weighted by molar-refractivity contribution is -0.0327. The van der Waals surface area contributed by atoms with E-state index in [0.717, 1.165) is 25.8 Å². The Morgan fingerprint density at radius 3 is 2.47 bits per heavy atom. The molecule has 0 aliphatic heterocycles. The molecule has 1 aliphatic rings. The van der Waals surface area contributed by atoms with Crippen molar-refractivity contribution >= 4 is 23.4 Å². The van der Waals surface area contributed by atoms with Gasteiger partial charge in [0.25, 0.3) is 0 Å². The number of thioether (sulfide) groups is 1. The number of halogens is 4. The molecule has 1 rings (SSSR count). The van der Waals surface area contributed by atoms with Gasteiger partial charge in [0, 0.05) is 24.7 Å². The fourth-order valence-corrected chi connectivity index (χ4v) is 2.36. The van der Waals surface area contributed by atoms with Crippen LogP contribution in [0, 0.1) is 5.41 Å². The predicted octanol–water partition coefficient (Wildman–Crippen LogP) is 3.24. The maximum Gasteiger partial charge on any atom is 0.441 e. The number of alkyl halides is 4. The molecular weight excluding hydrogens is 247 g/mol. The summed E-state index contributed by atoms with van der Waals surface area (Å²) in [4.78, 5) is 0. The molecule has 0 atom stereocenters. The third kappa shape index (κ3) is 5.88. The van der Waals surface area contributed by atoms with Gasteiger partial charge in [-0.1, -0.05) is 0 Å². The van der Waals surface area contributed by atoms with Crippen LogP contribution in [0.1, 0.15) is 19.3 Å². The van der Waals surface area contributed by atoms with Gasteiger partial charge in [0.2, 0.25) is 0 Å². The highest BCUT2D eigenvalue weighted by Gasteiger charge is 2.41. The Labute approximate surface area is 97.1 Å². The summed E-state index contributed by atoms with van der Waals surface area (Å²) >= 11 is 5.67. The first-order valence-electron chi connectivity index (χ1n) is 4.95. The van der Waals surface area contributed by atoms with Crippen LogP contribution in [0.5, 0.6) is 0 Å². The van der Waals surface area contributed by atoms with E-state index < -0.39 is 5.51 Å². The quantitative estimate of drug-likeness (QED) is 0.558. The predicted molar refractivity (Wildman–Crippen MR) is 58.4 cm³/mol. The first-order valence-corrected chi connectivity index (χ1v) is 6.47. The van der Waals surface area contributed by atoms with Crippen LogP contribution < -0.4 is 5.32 Å². The summed E-state index contributed by atoms with van der Waals surface area (Å²) in [5, 5.41) is 3.07. The summed E-state index contributed by atoms with van der Waals surface area (Å²) in [7, 11) is 0. The van der Waals surface area contributed by atoms with Crippen LogP contribution in [0.3, 0.4) is 0 Å². The fourth-order valence-electron chi connectivity index (χ4n) is 1.48. The van der Waals surface area contributed by atoms with Crippen LogP contribution >= 0.6 is 23.4 Å². The van der Waals surface area contributed by atoms with Crippen LogP contribution in [-0.2, 0) is 0 Å². The molecule has 15 heavy (non-hydrogen) atoms. The minimum Gasteiger partial charge on any atom is -0.315 e. The molecule has 0 spiro atoms. The van der Waals surface area contributed by atoms with Gasteiger partial charge in [0.15, 0.2) is 0 Å². The molecule has 0 amide bonds. The Balaban J connectivity index is 1.98. The lowest BCUT2D eigenvalue weighted by atomic mass is 10.0. The van der Waals surface area contributed by atoms with Gasteiger partial charge in [-0.2, -0.15) is 13.2 Å². The fraction of sp³-hybridized carbons (Fsp3) is 1.00. The van der Waals surface area contributed by atoms with Crippen molar-refractivity contribution in [2.75, 3.05) is 24.7 Å². The van der Waals surface area contributed by atoms with E-state index in [4.69, 9.17) is 11.6 Å². The average molecular weight is 262 g/mol. The minimum absolute atomic E-state index is 0.0293. The lowest BCUT2D eigenvalue weighted by Gasteiger charge is -2.14. The first kappa shape index (κ1) is 13.5. The normalized spacial score (nSPS) is 19.2. The van der Waals surface area contributed by atoms with Crippen molar-refractivity contribution in [1.82, 2.24) is 5.32 Å². The number of hydrogen-bond acceptors (Lipinski definition) is 2. The Kier molecular flexibility index (Phi) is 5.06. The van der Waals surface area contributed by atoms with Crippen LogP contribution in [-0.4, -0.2) is 30.2 Å². The second-order valence-electron chi connectivity index (χ2n) is 3.91. The second kappa shape index (κ2) is 5.64. The average Bonchev–Trinajstić information content (AvgIpc) is 2.83. The molecule has 0 heterocycles. The molecule has 6 heteroatoms. The van der Waals surface area contributed by atoms with Crippen molar-refractivity contribution < 1.29 is 13.2 Å². The van der Waals surface area contributed by atoms with E-state index >= 15 is 0 Å². The van der Waals surface area contributed by atoms with E-state index in [2.05, 4.69) is 5.32 Å². The summed E-state index contributed by atoms with van der Waals surface area (Å²) in [6.45, 7) is 1.21. The second-order valence-corrected chi connectivity index (χ2v) is 5.45. The molecule has 0 aromatic heterocycles. The third-order valence-electron chi connectivity index (χ3n) is 2.63. The molecule has 1 N–H and O–H groups in total. The summed E-state index contributed by atoms with van der Waals surface area (Å²) in [5.74, 6) is 0.722. The molecule has 0 bridgehead atoms. The molecule has 0 aromatic rings.